The fraction of sp³-hybridized carbons (Fsp3) is 0.167. The summed E-state index contributed by atoms with van der Waals surface area (Å²) in [4.78, 5) is 25.8. The molecule has 0 saturated carbocycles. The SMILES string of the molecule is Cc1ccc(C(=O)c2ccc(-n3c(=O)n(C(C)C)c4ccccc43)cc2)cc1. The average molecular weight is 370 g/mol. The smallest absolute Gasteiger partial charge is 0.289 e. The molecule has 28 heavy (non-hydrogen) atoms. The van der Waals surface area contributed by atoms with Crippen LogP contribution in [0.15, 0.2) is 77.6 Å². The van der Waals surface area contributed by atoms with Gasteiger partial charge in [-0.3, -0.25) is 13.9 Å². The molecule has 0 fully saturated rings. The molecule has 0 radical (unpaired) electrons. The maximum atomic E-state index is 13.1. The van der Waals surface area contributed by atoms with E-state index < -0.39 is 0 Å². The Morgan fingerprint density at radius 1 is 0.786 bits per heavy atom. The van der Waals surface area contributed by atoms with Crippen LogP contribution in [0.3, 0.4) is 0 Å². The number of carbonyl (C=O) groups excluding carboxylic acids is 1. The summed E-state index contributed by atoms with van der Waals surface area (Å²) in [5, 5.41) is 0. The summed E-state index contributed by atoms with van der Waals surface area (Å²) < 4.78 is 3.50. The highest BCUT2D eigenvalue weighted by Gasteiger charge is 2.16. The lowest BCUT2D eigenvalue weighted by Gasteiger charge is -2.07. The van der Waals surface area contributed by atoms with Gasteiger partial charge in [0, 0.05) is 17.2 Å². The lowest BCUT2D eigenvalue weighted by molar-refractivity contribution is 0.103. The van der Waals surface area contributed by atoms with Crippen molar-refractivity contribution in [3.8, 4) is 5.69 Å². The maximum Gasteiger partial charge on any atom is 0.333 e. The van der Waals surface area contributed by atoms with Crippen LogP contribution in [0.1, 0.15) is 41.4 Å². The summed E-state index contributed by atoms with van der Waals surface area (Å²) in [7, 11) is 0. The van der Waals surface area contributed by atoms with Gasteiger partial charge in [0.2, 0.25) is 0 Å². The van der Waals surface area contributed by atoms with E-state index in [0.29, 0.717) is 11.1 Å². The number of imidazole rings is 1. The van der Waals surface area contributed by atoms with E-state index in [0.717, 1.165) is 22.3 Å². The number of aromatic nitrogens is 2. The van der Waals surface area contributed by atoms with Gasteiger partial charge in [-0.05, 0) is 57.2 Å². The van der Waals surface area contributed by atoms with Crippen LogP contribution in [0.25, 0.3) is 16.7 Å². The molecular weight excluding hydrogens is 348 g/mol. The molecule has 3 aromatic carbocycles. The van der Waals surface area contributed by atoms with Crippen molar-refractivity contribution >= 4 is 16.8 Å². The number of benzene rings is 3. The highest BCUT2D eigenvalue weighted by molar-refractivity contribution is 6.09. The summed E-state index contributed by atoms with van der Waals surface area (Å²) >= 11 is 0. The number of carbonyl (C=O) groups is 1. The molecule has 0 spiro atoms. The van der Waals surface area contributed by atoms with E-state index in [1.54, 1.807) is 21.3 Å². The second-order valence-corrected chi connectivity index (χ2v) is 7.31. The van der Waals surface area contributed by atoms with Gasteiger partial charge < -0.3 is 0 Å². The van der Waals surface area contributed by atoms with Crippen molar-refractivity contribution in [3.05, 3.63) is 100.0 Å². The molecule has 0 atom stereocenters. The average Bonchev–Trinajstić information content (AvgIpc) is 3.00. The van der Waals surface area contributed by atoms with Gasteiger partial charge in [-0.15, -0.1) is 0 Å². The van der Waals surface area contributed by atoms with Crippen molar-refractivity contribution in [3.63, 3.8) is 0 Å². The van der Waals surface area contributed by atoms with Crippen LogP contribution in [0.5, 0.6) is 0 Å². The standard InChI is InChI=1S/C24H22N2O2/c1-16(2)25-21-6-4-5-7-22(21)26(24(25)28)20-14-12-19(13-15-20)23(27)18-10-8-17(3)9-11-18/h4-16H,1-3H3. The number of hydrogen-bond donors (Lipinski definition) is 0. The Labute approximate surface area is 163 Å². The molecule has 0 unspecified atom stereocenters. The van der Waals surface area contributed by atoms with Crippen molar-refractivity contribution in [2.24, 2.45) is 0 Å². The molecule has 1 heterocycles. The Morgan fingerprint density at radius 3 is 1.89 bits per heavy atom. The molecule has 4 rings (SSSR count). The van der Waals surface area contributed by atoms with Gasteiger partial charge in [-0.2, -0.15) is 0 Å². The number of nitrogens with zero attached hydrogens (tertiary/aromatic N) is 2. The molecular formula is C24H22N2O2. The molecule has 0 amide bonds. The van der Waals surface area contributed by atoms with Crippen LogP contribution >= 0.6 is 0 Å². The highest BCUT2D eigenvalue weighted by Crippen LogP contribution is 2.21. The first kappa shape index (κ1) is 18.0. The monoisotopic (exact) mass is 370 g/mol. The van der Waals surface area contributed by atoms with E-state index in [1.165, 1.54) is 0 Å². The number of ketones is 1. The predicted octanol–water partition coefficient (Wildman–Crippen LogP) is 4.91. The normalized spacial score (nSPS) is 11.3. The van der Waals surface area contributed by atoms with Crippen LogP contribution in [-0.2, 0) is 0 Å². The molecule has 1 aromatic heterocycles. The van der Waals surface area contributed by atoms with Gasteiger partial charge in [0.25, 0.3) is 0 Å². The third-order valence-corrected chi connectivity index (χ3v) is 5.00. The van der Waals surface area contributed by atoms with Crippen molar-refractivity contribution in [2.45, 2.75) is 26.8 Å². The topological polar surface area (TPSA) is 44.0 Å². The Balaban J connectivity index is 1.78. The quantitative estimate of drug-likeness (QED) is 0.479. The summed E-state index contributed by atoms with van der Waals surface area (Å²) in [6.07, 6.45) is 0. The van der Waals surface area contributed by atoms with Crippen LogP contribution in [0.4, 0.5) is 0 Å². The van der Waals surface area contributed by atoms with Gasteiger partial charge in [-0.1, -0.05) is 42.0 Å². The van der Waals surface area contributed by atoms with Crippen molar-refractivity contribution in [1.82, 2.24) is 9.13 Å². The predicted molar refractivity (Wildman–Crippen MR) is 113 cm³/mol. The number of para-hydroxylation sites is 2. The number of hydrogen-bond acceptors (Lipinski definition) is 2. The molecule has 140 valence electrons. The Kier molecular flexibility index (Phi) is 4.47. The fourth-order valence-corrected chi connectivity index (χ4v) is 3.55. The van der Waals surface area contributed by atoms with E-state index in [1.807, 2.05) is 81.4 Å². The van der Waals surface area contributed by atoms with Gasteiger partial charge in [0.05, 0.1) is 16.7 Å². The maximum absolute atomic E-state index is 13.1. The number of aryl methyl sites for hydroxylation is 1. The van der Waals surface area contributed by atoms with Crippen LogP contribution < -0.4 is 5.69 Å². The minimum Gasteiger partial charge on any atom is -0.289 e. The summed E-state index contributed by atoms with van der Waals surface area (Å²) in [5.41, 5.74) is 4.82. The Bertz CT molecular complexity index is 1210. The lowest BCUT2D eigenvalue weighted by atomic mass is 10.0. The van der Waals surface area contributed by atoms with Crippen molar-refractivity contribution < 1.29 is 4.79 Å². The largest absolute Gasteiger partial charge is 0.333 e. The molecule has 0 aliphatic carbocycles. The summed E-state index contributed by atoms with van der Waals surface area (Å²) in [6.45, 7) is 6.00. The Hall–Kier alpha value is -3.40. The van der Waals surface area contributed by atoms with Crippen molar-refractivity contribution in [2.75, 3.05) is 0 Å². The molecule has 0 bridgehead atoms. The minimum absolute atomic E-state index is 0.0245. The fourth-order valence-electron chi connectivity index (χ4n) is 3.55. The molecule has 0 aliphatic rings. The van der Waals surface area contributed by atoms with E-state index in [2.05, 4.69) is 0 Å². The first-order valence-corrected chi connectivity index (χ1v) is 9.41. The molecule has 0 N–H and O–H groups in total. The zero-order valence-electron chi connectivity index (χ0n) is 16.2. The molecule has 4 nitrogen and oxygen atoms in total. The van der Waals surface area contributed by atoms with Gasteiger partial charge >= 0.3 is 5.69 Å². The number of rotatable bonds is 4. The third-order valence-electron chi connectivity index (χ3n) is 5.00. The van der Waals surface area contributed by atoms with Gasteiger partial charge in [0.1, 0.15) is 0 Å². The third kappa shape index (κ3) is 2.97. The van der Waals surface area contributed by atoms with Gasteiger partial charge in [0.15, 0.2) is 5.78 Å². The Morgan fingerprint density at radius 2 is 1.32 bits per heavy atom. The van der Waals surface area contributed by atoms with Crippen molar-refractivity contribution in [1.29, 1.82) is 0 Å². The lowest BCUT2D eigenvalue weighted by Crippen LogP contribution is -2.24. The molecule has 4 aromatic rings. The first-order chi connectivity index (χ1) is 13.5. The zero-order valence-corrected chi connectivity index (χ0v) is 16.2. The highest BCUT2D eigenvalue weighted by atomic mass is 16.2. The number of fused-ring (bicyclic) bond motifs is 1. The minimum atomic E-state index is -0.0752. The second-order valence-electron chi connectivity index (χ2n) is 7.31. The van der Waals surface area contributed by atoms with Crippen LogP contribution in [0, 0.1) is 6.92 Å². The molecule has 4 heteroatoms. The van der Waals surface area contributed by atoms with E-state index in [9.17, 15) is 9.59 Å². The summed E-state index contributed by atoms with van der Waals surface area (Å²) in [6, 6.07) is 22.6. The van der Waals surface area contributed by atoms with E-state index >= 15 is 0 Å². The van der Waals surface area contributed by atoms with E-state index in [-0.39, 0.29) is 17.5 Å². The van der Waals surface area contributed by atoms with Crippen LogP contribution in [0.2, 0.25) is 0 Å². The van der Waals surface area contributed by atoms with E-state index in [4.69, 9.17) is 0 Å². The van der Waals surface area contributed by atoms with Crippen LogP contribution in [-0.4, -0.2) is 14.9 Å². The first-order valence-electron chi connectivity index (χ1n) is 9.41. The molecule has 0 aliphatic heterocycles. The second kappa shape index (κ2) is 6.97. The summed E-state index contributed by atoms with van der Waals surface area (Å²) in [5.74, 6) is -0.0245. The zero-order chi connectivity index (χ0) is 19.8. The van der Waals surface area contributed by atoms with Gasteiger partial charge in [-0.25, -0.2) is 4.79 Å². The molecule has 0 saturated heterocycles.